The van der Waals surface area contributed by atoms with Crippen LogP contribution in [0.1, 0.15) is 6.42 Å². The van der Waals surface area contributed by atoms with Crippen molar-refractivity contribution in [2.24, 2.45) is 0 Å². The number of amides is 2. The average Bonchev–Trinajstić information content (AvgIpc) is 2.60. The number of carbonyl (C=O) groups is 2. The summed E-state index contributed by atoms with van der Waals surface area (Å²) in [6, 6.07) is -0.167. The zero-order valence-electron chi connectivity index (χ0n) is 7.01. The van der Waals surface area contributed by atoms with Gasteiger partial charge in [-0.3, -0.25) is 14.5 Å². The second-order valence-corrected chi connectivity index (χ2v) is 3.23. The SMILES string of the molecule is O=C1C=CC(=O)N1C1CCN(O)C1. The Morgan fingerprint density at radius 1 is 1.31 bits per heavy atom. The molecule has 2 amide bonds. The Hall–Kier alpha value is -1.20. The molecular weight excluding hydrogens is 172 g/mol. The molecule has 2 heterocycles. The Morgan fingerprint density at radius 2 is 1.92 bits per heavy atom. The van der Waals surface area contributed by atoms with Crippen LogP contribution in [0.15, 0.2) is 12.2 Å². The third kappa shape index (κ3) is 1.36. The van der Waals surface area contributed by atoms with Crippen LogP contribution in [0.2, 0.25) is 0 Å². The van der Waals surface area contributed by atoms with Crippen LogP contribution in [0.3, 0.4) is 0 Å². The maximum Gasteiger partial charge on any atom is 0.253 e. The van der Waals surface area contributed by atoms with Crippen molar-refractivity contribution in [2.45, 2.75) is 12.5 Å². The van der Waals surface area contributed by atoms with Crippen molar-refractivity contribution < 1.29 is 14.8 Å². The lowest BCUT2D eigenvalue weighted by Gasteiger charge is -2.20. The molecular formula is C8H10N2O3. The van der Waals surface area contributed by atoms with Gasteiger partial charge < -0.3 is 5.21 Å². The minimum absolute atomic E-state index is 0.167. The van der Waals surface area contributed by atoms with E-state index in [4.69, 9.17) is 5.21 Å². The fourth-order valence-corrected chi connectivity index (χ4v) is 1.71. The van der Waals surface area contributed by atoms with Crippen molar-refractivity contribution >= 4 is 11.8 Å². The van der Waals surface area contributed by atoms with Gasteiger partial charge in [0, 0.05) is 25.2 Å². The van der Waals surface area contributed by atoms with Crippen molar-refractivity contribution in [2.75, 3.05) is 13.1 Å². The van der Waals surface area contributed by atoms with Crippen molar-refractivity contribution in [3.8, 4) is 0 Å². The van der Waals surface area contributed by atoms with Crippen molar-refractivity contribution in [3.05, 3.63) is 12.2 Å². The van der Waals surface area contributed by atoms with Crippen molar-refractivity contribution in [3.63, 3.8) is 0 Å². The van der Waals surface area contributed by atoms with E-state index in [0.29, 0.717) is 19.5 Å². The quantitative estimate of drug-likeness (QED) is 0.549. The number of rotatable bonds is 1. The summed E-state index contributed by atoms with van der Waals surface area (Å²) in [6.07, 6.45) is 3.18. The molecule has 0 radical (unpaired) electrons. The molecule has 1 unspecified atom stereocenters. The van der Waals surface area contributed by atoms with Crippen LogP contribution in [0.25, 0.3) is 0 Å². The summed E-state index contributed by atoms with van der Waals surface area (Å²) >= 11 is 0. The predicted molar refractivity (Wildman–Crippen MR) is 42.8 cm³/mol. The number of hydrogen-bond donors (Lipinski definition) is 1. The lowest BCUT2D eigenvalue weighted by molar-refractivity contribution is -0.140. The lowest BCUT2D eigenvalue weighted by atomic mass is 10.2. The molecule has 1 atom stereocenters. The van der Waals surface area contributed by atoms with E-state index < -0.39 is 0 Å². The molecule has 0 saturated carbocycles. The molecule has 2 aliphatic rings. The minimum Gasteiger partial charge on any atom is -0.314 e. The van der Waals surface area contributed by atoms with Crippen LogP contribution < -0.4 is 0 Å². The molecule has 5 heteroatoms. The molecule has 0 aromatic carbocycles. The summed E-state index contributed by atoms with van der Waals surface area (Å²) in [4.78, 5) is 23.6. The molecule has 70 valence electrons. The second-order valence-electron chi connectivity index (χ2n) is 3.23. The van der Waals surface area contributed by atoms with Gasteiger partial charge in [-0.2, -0.15) is 5.06 Å². The topological polar surface area (TPSA) is 60.9 Å². The largest absolute Gasteiger partial charge is 0.314 e. The van der Waals surface area contributed by atoms with Crippen LogP contribution in [-0.4, -0.2) is 46.1 Å². The van der Waals surface area contributed by atoms with Gasteiger partial charge in [-0.1, -0.05) is 0 Å². The highest BCUT2D eigenvalue weighted by atomic mass is 16.5. The first-order chi connectivity index (χ1) is 6.18. The van der Waals surface area contributed by atoms with Crippen LogP contribution in [0, 0.1) is 0 Å². The van der Waals surface area contributed by atoms with E-state index in [2.05, 4.69) is 0 Å². The van der Waals surface area contributed by atoms with Crippen molar-refractivity contribution in [1.29, 1.82) is 0 Å². The molecule has 1 fully saturated rings. The van der Waals surface area contributed by atoms with E-state index in [-0.39, 0.29) is 17.9 Å². The Kier molecular flexibility index (Phi) is 1.90. The number of carbonyl (C=O) groups excluding carboxylic acids is 2. The van der Waals surface area contributed by atoms with Gasteiger partial charge in [-0.05, 0) is 6.42 Å². The van der Waals surface area contributed by atoms with Gasteiger partial charge in [0.25, 0.3) is 11.8 Å². The standard InChI is InChI=1S/C8H10N2O3/c11-7-1-2-8(12)10(7)6-3-4-9(13)5-6/h1-2,6,13H,3-5H2. The Bertz CT molecular complexity index is 269. The molecule has 0 aliphatic carbocycles. The van der Waals surface area contributed by atoms with Gasteiger partial charge >= 0.3 is 0 Å². The summed E-state index contributed by atoms with van der Waals surface area (Å²) in [6.45, 7) is 0.876. The summed E-state index contributed by atoms with van der Waals surface area (Å²) in [7, 11) is 0. The Labute approximate surface area is 75.2 Å². The van der Waals surface area contributed by atoms with E-state index in [9.17, 15) is 9.59 Å². The molecule has 2 rings (SSSR count). The molecule has 5 nitrogen and oxygen atoms in total. The highest BCUT2D eigenvalue weighted by Crippen LogP contribution is 2.17. The summed E-state index contributed by atoms with van der Waals surface area (Å²) in [5.41, 5.74) is 0. The van der Waals surface area contributed by atoms with Gasteiger partial charge in [0.1, 0.15) is 0 Å². The molecule has 1 N–H and O–H groups in total. The van der Waals surface area contributed by atoms with Gasteiger partial charge in [-0.25, -0.2) is 0 Å². The molecule has 0 spiro atoms. The highest BCUT2D eigenvalue weighted by molar-refractivity contribution is 6.13. The third-order valence-corrected chi connectivity index (χ3v) is 2.35. The van der Waals surface area contributed by atoms with E-state index in [1.807, 2.05) is 0 Å². The zero-order chi connectivity index (χ0) is 9.42. The zero-order valence-corrected chi connectivity index (χ0v) is 7.01. The predicted octanol–water partition coefficient (Wildman–Crippen LogP) is -0.625. The van der Waals surface area contributed by atoms with Crippen LogP contribution >= 0.6 is 0 Å². The monoisotopic (exact) mass is 182 g/mol. The van der Waals surface area contributed by atoms with Gasteiger partial charge in [0.2, 0.25) is 0 Å². The Morgan fingerprint density at radius 3 is 2.38 bits per heavy atom. The average molecular weight is 182 g/mol. The van der Waals surface area contributed by atoms with Crippen LogP contribution in [0.5, 0.6) is 0 Å². The first-order valence-electron chi connectivity index (χ1n) is 4.17. The molecule has 2 aliphatic heterocycles. The number of hydrogen-bond acceptors (Lipinski definition) is 4. The Balaban J connectivity index is 2.09. The van der Waals surface area contributed by atoms with E-state index in [0.717, 1.165) is 5.06 Å². The summed E-state index contributed by atoms with van der Waals surface area (Å²) in [5, 5.41) is 10.2. The van der Waals surface area contributed by atoms with E-state index in [1.54, 1.807) is 0 Å². The highest BCUT2D eigenvalue weighted by Gasteiger charge is 2.35. The summed E-state index contributed by atoms with van der Waals surface area (Å²) in [5.74, 6) is -0.546. The maximum atomic E-state index is 11.2. The third-order valence-electron chi connectivity index (χ3n) is 2.35. The van der Waals surface area contributed by atoms with E-state index >= 15 is 0 Å². The fourth-order valence-electron chi connectivity index (χ4n) is 1.71. The van der Waals surface area contributed by atoms with Crippen molar-refractivity contribution in [1.82, 2.24) is 9.96 Å². The van der Waals surface area contributed by atoms with Gasteiger partial charge in [0.15, 0.2) is 0 Å². The number of hydroxylamine groups is 2. The molecule has 0 bridgehead atoms. The molecule has 1 saturated heterocycles. The van der Waals surface area contributed by atoms with E-state index in [1.165, 1.54) is 17.1 Å². The summed E-state index contributed by atoms with van der Waals surface area (Å²) < 4.78 is 0. The molecule has 0 aromatic heterocycles. The number of imide groups is 1. The van der Waals surface area contributed by atoms with Gasteiger partial charge in [-0.15, -0.1) is 0 Å². The smallest absolute Gasteiger partial charge is 0.253 e. The first kappa shape index (κ1) is 8.40. The van der Waals surface area contributed by atoms with Crippen LogP contribution in [0.4, 0.5) is 0 Å². The normalized spacial score (nSPS) is 29.3. The minimum atomic E-state index is -0.273. The first-order valence-corrected chi connectivity index (χ1v) is 4.17. The second kappa shape index (κ2) is 2.93. The molecule has 13 heavy (non-hydrogen) atoms. The van der Waals surface area contributed by atoms with Crippen LogP contribution in [-0.2, 0) is 9.59 Å². The lowest BCUT2D eigenvalue weighted by Crippen LogP contribution is -2.41. The fraction of sp³-hybridized carbons (Fsp3) is 0.500. The number of nitrogens with zero attached hydrogens (tertiary/aromatic N) is 2. The molecule has 0 aromatic rings. The maximum absolute atomic E-state index is 11.2. The van der Waals surface area contributed by atoms with Gasteiger partial charge in [0.05, 0.1) is 6.04 Å².